The third-order valence-corrected chi connectivity index (χ3v) is 3.76. The monoisotopic (exact) mass is 283 g/mol. The molecule has 1 aromatic rings. The van der Waals surface area contributed by atoms with Gasteiger partial charge in [-0.15, -0.1) is 17.9 Å². The Bertz CT molecular complexity index is 490. The minimum Gasteiger partial charge on any atom is -0.483 e. The van der Waals surface area contributed by atoms with E-state index in [0.717, 1.165) is 10.6 Å². The van der Waals surface area contributed by atoms with Gasteiger partial charge in [0.05, 0.1) is 35.8 Å². The van der Waals surface area contributed by atoms with E-state index in [2.05, 4.69) is 11.6 Å². The first-order valence-corrected chi connectivity index (χ1v) is 6.43. The zero-order valence-corrected chi connectivity index (χ0v) is 10.9. The number of carbonyl (C=O) groups is 2. The van der Waals surface area contributed by atoms with Crippen molar-refractivity contribution in [2.75, 3.05) is 13.2 Å². The van der Waals surface area contributed by atoms with Crippen molar-refractivity contribution in [3.8, 4) is 0 Å². The summed E-state index contributed by atoms with van der Waals surface area (Å²) in [5, 5.41) is 8.34. The van der Waals surface area contributed by atoms with Crippen LogP contribution in [0.5, 0.6) is 0 Å². The van der Waals surface area contributed by atoms with E-state index in [4.69, 9.17) is 14.7 Å². The van der Waals surface area contributed by atoms with E-state index in [1.54, 1.807) is 22.3 Å². The van der Waals surface area contributed by atoms with Crippen LogP contribution in [0.2, 0.25) is 0 Å². The predicted molar refractivity (Wildman–Crippen MR) is 67.3 cm³/mol. The summed E-state index contributed by atoms with van der Waals surface area (Å²) in [4.78, 5) is 32.9. The molecule has 19 heavy (non-hydrogen) atoms. The molecule has 1 saturated heterocycles. The Morgan fingerprint density at radius 2 is 2.42 bits per heavy atom. The lowest BCUT2D eigenvalue weighted by molar-refractivity contribution is -0.122. The molecule has 2 aliphatic rings. The molecule has 0 aromatic carbocycles. The molecule has 2 amide bonds. The third kappa shape index (κ3) is 2.45. The van der Waals surface area contributed by atoms with Gasteiger partial charge < -0.3 is 10.0 Å². The molecule has 7 nitrogen and oxygen atoms in total. The lowest BCUT2D eigenvalue weighted by Gasteiger charge is -2.21. The van der Waals surface area contributed by atoms with Crippen LogP contribution in [0.4, 0.5) is 4.79 Å². The maximum atomic E-state index is 11.9. The van der Waals surface area contributed by atoms with Gasteiger partial charge >= 0.3 is 6.03 Å². The molecule has 0 saturated carbocycles. The second kappa shape index (κ2) is 5.81. The Morgan fingerprint density at radius 1 is 1.68 bits per heavy atom. The minimum absolute atomic E-state index is 0.00343. The van der Waals surface area contributed by atoms with E-state index in [-0.39, 0.29) is 18.5 Å². The normalized spacial score (nSPS) is 19.6. The van der Waals surface area contributed by atoms with Gasteiger partial charge in [0.15, 0.2) is 0 Å². The van der Waals surface area contributed by atoms with Crippen molar-refractivity contribution >= 4 is 23.8 Å². The van der Waals surface area contributed by atoms with Gasteiger partial charge in [-0.1, -0.05) is 6.08 Å². The average molecular weight is 283 g/mol. The number of nitrogens with zero attached hydrogens (tertiary/aromatic N) is 3. The number of aromatic nitrogens is 1. The van der Waals surface area contributed by atoms with Crippen molar-refractivity contribution in [3.05, 3.63) is 28.7 Å². The molecule has 1 atom stereocenters. The zero-order chi connectivity index (χ0) is 13.8. The van der Waals surface area contributed by atoms with Crippen LogP contribution in [0.3, 0.4) is 0 Å². The summed E-state index contributed by atoms with van der Waals surface area (Å²) in [5.74, 6) is 0. The maximum Gasteiger partial charge on any atom is 0.345 e. The molecule has 3 heterocycles. The van der Waals surface area contributed by atoms with Crippen LogP contribution in [0, 0.1) is 0 Å². The van der Waals surface area contributed by atoms with Crippen molar-refractivity contribution in [3.63, 3.8) is 0 Å². The molecule has 1 aromatic heterocycles. The van der Waals surface area contributed by atoms with Crippen LogP contribution in [0.15, 0.2) is 18.2 Å². The van der Waals surface area contributed by atoms with E-state index in [1.165, 1.54) is 5.06 Å². The third-order valence-electron chi connectivity index (χ3n) is 2.78. The summed E-state index contributed by atoms with van der Waals surface area (Å²) >= 11 is 1.59. The van der Waals surface area contributed by atoms with Gasteiger partial charge in [-0.2, -0.15) is 5.06 Å². The minimum atomic E-state index is -0.250. The first-order chi connectivity index (χ1) is 9.22. The Hall–Kier alpha value is -1.93. The standard InChI is InChI=1S/C10H11N3O2S.CH2O2/c1-2-3-15-13-8-5-12(10(13)14)4-7-9(8)16-6-11-7;2-1-3/h2,6,8H,1,3-5H2;1H,(H,2,3)/t8-;/m0./s1. The van der Waals surface area contributed by atoms with Gasteiger partial charge in [0, 0.05) is 0 Å². The number of amides is 2. The fourth-order valence-corrected chi connectivity index (χ4v) is 2.96. The van der Waals surface area contributed by atoms with E-state index in [9.17, 15) is 4.79 Å². The topological polar surface area (TPSA) is 83.0 Å². The molecule has 2 aliphatic heterocycles. The van der Waals surface area contributed by atoms with Crippen molar-refractivity contribution in [2.45, 2.75) is 12.6 Å². The molecular formula is C11H13N3O4S. The summed E-state index contributed by atoms with van der Waals surface area (Å²) in [6.07, 6.45) is 1.64. The molecule has 0 unspecified atom stereocenters. The number of rotatable bonds is 3. The summed E-state index contributed by atoms with van der Waals surface area (Å²) in [6.45, 7) is 4.98. The average Bonchev–Trinajstić information content (AvgIpc) is 2.95. The lowest BCUT2D eigenvalue weighted by atomic mass is 10.1. The van der Waals surface area contributed by atoms with Gasteiger partial charge in [-0.25, -0.2) is 9.78 Å². The second-order valence-electron chi connectivity index (χ2n) is 3.86. The highest BCUT2D eigenvalue weighted by Crippen LogP contribution is 2.39. The first-order valence-electron chi connectivity index (χ1n) is 5.55. The fraction of sp³-hybridized carbons (Fsp3) is 0.364. The van der Waals surface area contributed by atoms with Crippen LogP contribution < -0.4 is 0 Å². The number of hydrogen-bond donors (Lipinski definition) is 1. The molecule has 1 N–H and O–H groups in total. The molecule has 102 valence electrons. The van der Waals surface area contributed by atoms with Crippen molar-refractivity contribution in [1.29, 1.82) is 0 Å². The summed E-state index contributed by atoms with van der Waals surface area (Å²) in [7, 11) is 0. The number of fused-ring (bicyclic) bond motifs is 4. The van der Waals surface area contributed by atoms with Crippen LogP contribution in [-0.4, -0.2) is 45.7 Å². The van der Waals surface area contributed by atoms with E-state index in [0.29, 0.717) is 19.7 Å². The van der Waals surface area contributed by atoms with Crippen molar-refractivity contribution in [2.24, 2.45) is 0 Å². The number of carboxylic acid groups (broad SMARTS) is 1. The summed E-state index contributed by atoms with van der Waals surface area (Å²) in [5.41, 5.74) is 2.82. The molecule has 3 rings (SSSR count). The molecule has 0 spiro atoms. The van der Waals surface area contributed by atoms with E-state index in [1.807, 2.05) is 5.51 Å². The molecule has 8 heteroatoms. The highest BCUT2D eigenvalue weighted by molar-refractivity contribution is 7.09. The summed E-state index contributed by atoms with van der Waals surface area (Å²) in [6, 6.07) is -0.0687. The SMILES string of the molecule is C=CCON1C(=O)N2Cc3ncsc3[C@@H]1C2.O=CO. The van der Waals surface area contributed by atoms with E-state index < -0.39 is 0 Å². The number of hydroxylamine groups is 2. The number of thiazole rings is 1. The largest absolute Gasteiger partial charge is 0.483 e. The van der Waals surface area contributed by atoms with E-state index >= 15 is 0 Å². The predicted octanol–water partition coefficient (Wildman–Crippen LogP) is 1.25. The Labute approximate surface area is 113 Å². The molecular weight excluding hydrogens is 270 g/mol. The van der Waals surface area contributed by atoms with Gasteiger partial charge in [0.2, 0.25) is 0 Å². The van der Waals surface area contributed by atoms with Gasteiger partial charge in [0.1, 0.15) is 6.04 Å². The first kappa shape index (κ1) is 13.5. The molecule has 2 bridgehead atoms. The van der Waals surface area contributed by atoms with Gasteiger partial charge in [-0.3, -0.25) is 9.63 Å². The molecule has 0 radical (unpaired) electrons. The highest BCUT2D eigenvalue weighted by atomic mass is 32.1. The number of carbonyl (C=O) groups excluding carboxylic acids is 1. The van der Waals surface area contributed by atoms with Crippen molar-refractivity contribution < 1.29 is 19.5 Å². The zero-order valence-electron chi connectivity index (χ0n) is 10.1. The number of urea groups is 1. The molecule has 0 aliphatic carbocycles. The Morgan fingerprint density at radius 3 is 3.11 bits per heavy atom. The van der Waals surface area contributed by atoms with Crippen LogP contribution in [0.1, 0.15) is 16.6 Å². The van der Waals surface area contributed by atoms with Gasteiger partial charge in [0.25, 0.3) is 6.47 Å². The molecule has 1 fully saturated rings. The highest BCUT2D eigenvalue weighted by Gasteiger charge is 2.45. The number of hydrogen-bond acceptors (Lipinski definition) is 5. The Kier molecular flexibility index (Phi) is 4.13. The quantitative estimate of drug-likeness (QED) is 0.667. The van der Waals surface area contributed by atoms with Crippen LogP contribution in [-0.2, 0) is 16.2 Å². The maximum absolute atomic E-state index is 11.9. The van der Waals surface area contributed by atoms with Crippen LogP contribution >= 0.6 is 11.3 Å². The smallest absolute Gasteiger partial charge is 0.345 e. The Balaban J connectivity index is 0.000000408. The lowest BCUT2D eigenvalue weighted by Crippen LogP contribution is -2.30. The van der Waals surface area contributed by atoms with Crippen molar-refractivity contribution in [1.82, 2.24) is 14.9 Å². The van der Waals surface area contributed by atoms with Gasteiger partial charge in [-0.05, 0) is 0 Å². The second-order valence-corrected chi connectivity index (χ2v) is 4.74. The summed E-state index contributed by atoms with van der Waals surface area (Å²) < 4.78 is 0. The fourth-order valence-electron chi connectivity index (χ4n) is 2.08. The van der Waals surface area contributed by atoms with Crippen LogP contribution in [0.25, 0.3) is 0 Å².